The number of ether oxygens (including phenoxy) is 2. The van der Waals surface area contributed by atoms with Crippen LogP contribution in [0.15, 0.2) is 65.8 Å². The third-order valence-corrected chi connectivity index (χ3v) is 5.23. The third kappa shape index (κ3) is 4.92. The van der Waals surface area contributed by atoms with E-state index in [1.165, 1.54) is 5.01 Å². The Balaban J connectivity index is 2.00. The second kappa shape index (κ2) is 10.4. The predicted octanol–water partition coefficient (Wildman–Crippen LogP) is 5.84. The highest BCUT2D eigenvalue weighted by molar-refractivity contribution is 14.1. The van der Waals surface area contributed by atoms with Crippen molar-refractivity contribution in [2.45, 2.75) is 26.7 Å². The van der Waals surface area contributed by atoms with Gasteiger partial charge in [-0.25, -0.2) is 0 Å². The summed E-state index contributed by atoms with van der Waals surface area (Å²) < 4.78 is 12.5. The smallest absolute Gasteiger partial charge is 0.280 e. The predicted molar refractivity (Wildman–Crippen MR) is 130 cm³/mol. The summed E-state index contributed by atoms with van der Waals surface area (Å²) in [5.74, 6) is 1.22. The van der Waals surface area contributed by atoms with Crippen LogP contribution in [0, 0.1) is 3.57 Å². The van der Waals surface area contributed by atoms with Crippen molar-refractivity contribution in [3.8, 4) is 11.5 Å². The summed E-state index contributed by atoms with van der Waals surface area (Å²) in [5, 5.41) is 6.09. The molecule has 30 heavy (non-hydrogen) atoms. The van der Waals surface area contributed by atoms with Gasteiger partial charge in [0.2, 0.25) is 0 Å². The number of carbonyl (C=O) groups excluding carboxylic acids is 1. The van der Waals surface area contributed by atoms with Crippen LogP contribution in [0.3, 0.4) is 0 Å². The number of benzene rings is 2. The summed E-state index contributed by atoms with van der Waals surface area (Å²) in [4.78, 5) is 13.2. The lowest BCUT2D eigenvalue weighted by molar-refractivity contribution is -0.114. The molecule has 6 heteroatoms. The van der Waals surface area contributed by atoms with Crippen LogP contribution in [-0.4, -0.2) is 24.8 Å². The molecule has 0 saturated heterocycles. The van der Waals surface area contributed by atoms with Crippen LogP contribution >= 0.6 is 22.6 Å². The van der Waals surface area contributed by atoms with E-state index in [9.17, 15) is 4.79 Å². The molecule has 0 N–H and O–H groups in total. The van der Waals surface area contributed by atoms with Gasteiger partial charge in [0.05, 0.1) is 27.1 Å². The first-order chi connectivity index (χ1) is 14.6. The second-order valence-corrected chi connectivity index (χ2v) is 7.83. The molecule has 0 aliphatic carbocycles. The monoisotopic (exact) mass is 516 g/mol. The summed E-state index contributed by atoms with van der Waals surface area (Å²) in [6, 6.07) is 13.4. The topological polar surface area (TPSA) is 51.1 Å². The lowest BCUT2D eigenvalue weighted by Crippen LogP contribution is -2.21. The Morgan fingerprint density at radius 3 is 2.60 bits per heavy atom. The van der Waals surface area contributed by atoms with Crippen molar-refractivity contribution in [3.05, 3.63) is 69.8 Å². The fourth-order valence-electron chi connectivity index (χ4n) is 3.15. The molecule has 0 spiro atoms. The maximum absolute atomic E-state index is 13.2. The highest BCUT2D eigenvalue weighted by Gasteiger charge is 2.30. The molecule has 0 aromatic heterocycles. The molecule has 2 aromatic carbocycles. The Morgan fingerprint density at radius 2 is 1.93 bits per heavy atom. The Hall–Kier alpha value is -2.61. The van der Waals surface area contributed by atoms with Gasteiger partial charge in [0.1, 0.15) is 6.61 Å². The van der Waals surface area contributed by atoms with Crippen molar-refractivity contribution in [3.63, 3.8) is 0 Å². The molecule has 1 amide bonds. The van der Waals surface area contributed by atoms with Crippen molar-refractivity contribution in [2.24, 2.45) is 5.10 Å². The van der Waals surface area contributed by atoms with Crippen molar-refractivity contribution < 1.29 is 14.3 Å². The van der Waals surface area contributed by atoms with Crippen LogP contribution in [0.5, 0.6) is 11.5 Å². The number of halogens is 1. The van der Waals surface area contributed by atoms with Gasteiger partial charge in [-0.1, -0.05) is 44.2 Å². The van der Waals surface area contributed by atoms with Crippen molar-refractivity contribution >= 4 is 46.0 Å². The molecule has 0 fully saturated rings. The Labute approximate surface area is 191 Å². The SMILES string of the molecule is C=CCOc1c(I)cc(/C=C2\C(=O)N(c3ccccc3)N=C2CCC)cc1OCC. The molecule has 1 aliphatic heterocycles. The lowest BCUT2D eigenvalue weighted by Gasteiger charge is -2.14. The quantitative estimate of drug-likeness (QED) is 0.239. The van der Waals surface area contributed by atoms with Gasteiger partial charge in [-0.15, -0.1) is 0 Å². The number of nitrogens with zero attached hydrogens (tertiary/aromatic N) is 2. The molecule has 3 rings (SSSR count). The summed E-state index contributed by atoms with van der Waals surface area (Å²) in [5.41, 5.74) is 3.04. The molecule has 2 aromatic rings. The Morgan fingerprint density at radius 1 is 1.17 bits per heavy atom. The van der Waals surface area contributed by atoms with E-state index in [-0.39, 0.29) is 5.91 Å². The number of rotatable bonds is 9. The van der Waals surface area contributed by atoms with Crippen LogP contribution < -0.4 is 14.5 Å². The molecule has 0 atom stereocenters. The van der Waals surface area contributed by atoms with Crippen molar-refractivity contribution in [1.29, 1.82) is 0 Å². The molecule has 0 saturated carbocycles. The standard InChI is InChI=1S/C24H25IN2O3/c1-4-10-21-19(24(28)27(26-21)18-11-8-7-9-12-18)14-17-15-20(25)23(30-13-5-2)22(16-17)29-6-3/h5,7-9,11-12,14-16H,2,4,6,10,13H2,1,3H3/b19-14-. The minimum atomic E-state index is -0.121. The van der Waals surface area contributed by atoms with Crippen LogP contribution in [0.2, 0.25) is 0 Å². The van der Waals surface area contributed by atoms with Gasteiger partial charge in [-0.3, -0.25) is 4.79 Å². The van der Waals surface area contributed by atoms with Crippen LogP contribution in [0.1, 0.15) is 32.3 Å². The fourth-order valence-corrected chi connectivity index (χ4v) is 3.93. The van der Waals surface area contributed by atoms with E-state index >= 15 is 0 Å². The van der Waals surface area contributed by atoms with Gasteiger partial charge in [0.25, 0.3) is 5.91 Å². The number of amides is 1. The number of para-hydroxylation sites is 1. The zero-order valence-corrected chi connectivity index (χ0v) is 19.4. The maximum atomic E-state index is 13.2. The van der Waals surface area contributed by atoms with E-state index in [0.29, 0.717) is 30.3 Å². The zero-order chi connectivity index (χ0) is 21.5. The fraction of sp³-hybridized carbons (Fsp3) is 0.250. The Kier molecular flexibility index (Phi) is 7.68. The summed E-state index contributed by atoms with van der Waals surface area (Å²) in [6.07, 6.45) is 5.23. The van der Waals surface area contributed by atoms with Gasteiger partial charge < -0.3 is 9.47 Å². The average Bonchev–Trinajstić information content (AvgIpc) is 3.04. The van der Waals surface area contributed by atoms with E-state index < -0.39 is 0 Å². The number of hydrazone groups is 1. The first kappa shape index (κ1) is 22.1. The molecule has 156 valence electrons. The average molecular weight is 516 g/mol. The highest BCUT2D eigenvalue weighted by atomic mass is 127. The lowest BCUT2D eigenvalue weighted by atomic mass is 10.0. The van der Waals surface area contributed by atoms with Gasteiger partial charge in [0, 0.05) is 0 Å². The van der Waals surface area contributed by atoms with E-state index in [2.05, 4.69) is 41.2 Å². The van der Waals surface area contributed by atoms with Crippen molar-refractivity contribution in [1.82, 2.24) is 0 Å². The van der Waals surface area contributed by atoms with Gasteiger partial charge >= 0.3 is 0 Å². The van der Waals surface area contributed by atoms with E-state index in [1.54, 1.807) is 6.08 Å². The minimum absolute atomic E-state index is 0.121. The highest BCUT2D eigenvalue weighted by Crippen LogP contribution is 2.36. The van der Waals surface area contributed by atoms with Crippen molar-refractivity contribution in [2.75, 3.05) is 18.2 Å². The number of carbonyl (C=O) groups is 1. The zero-order valence-electron chi connectivity index (χ0n) is 17.2. The minimum Gasteiger partial charge on any atom is -0.490 e. The van der Waals surface area contributed by atoms with Gasteiger partial charge in [-0.2, -0.15) is 10.1 Å². The third-order valence-electron chi connectivity index (χ3n) is 4.43. The number of hydrogen-bond acceptors (Lipinski definition) is 4. The van der Waals surface area contributed by atoms with Crippen LogP contribution in [0.25, 0.3) is 6.08 Å². The largest absolute Gasteiger partial charge is 0.490 e. The van der Waals surface area contributed by atoms with E-state index in [1.807, 2.05) is 55.5 Å². The summed E-state index contributed by atoms with van der Waals surface area (Å²) >= 11 is 2.22. The normalized spacial score (nSPS) is 14.8. The molecule has 0 radical (unpaired) electrons. The molecule has 5 nitrogen and oxygen atoms in total. The van der Waals surface area contributed by atoms with E-state index in [4.69, 9.17) is 9.47 Å². The molecular formula is C24H25IN2O3. The van der Waals surface area contributed by atoms with Crippen LogP contribution in [0.4, 0.5) is 5.69 Å². The Bertz CT molecular complexity index is 983. The number of hydrogen-bond donors (Lipinski definition) is 0. The molecule has 1 heterocycles. The molecule has 0 bridgehead atoms. The number of anilines is 1. The van der Waals surface area contributed by atoms with Gasteiger partial charge in [0.15, 0.2) is 11.5 Å². The van der Waals surface area contributed by atoms with Crippen LogP contribution in [-0.2, 0) is 4.79 Å². The second-order valence-electron chi connectivity index (χ2n) is 6.67. The molecular weight excluding hydrogens is 491 g/mol. The first-order valence-corrected chi connectivity index (χ1v) is 11.1. The van der Waals surface area contributed by atoms with Gasteiger partial charge in [-0.05, 0) is 71.8 Å². The summed E-state index contributed by atoms with van der Waals surface area (Å²) in [7, 11) is 0. The summed E-state index contributed by atoms with van der Waals surface area (Å²) in [6.45, 7) is 8.63. The maximum Gasteiger partial charge on any atom is 0.280 e. The van der Waals surface area contributed by atoms with E-state index in [0.717, 1.165) is 33.4 Å². The first-order valence-electron chi connectivity index (χ1n) is 9.98. The molecule has 1 aliphatic rings. The molecule has 0 unspecified atom stereocenters.